The van der Waals surface area contributed by atoms with Crippen LogP contribution in [0.1, 0.15) is 11.1 Å². The predicted octanol–water partition coefficient (Wildman–Crippen LogP) is 3.28. The maximum absolute atomic E-state index is 12.2. The van der Waals surface area contributed by atoms with Crippen molar-refractivity contribution >= 4 is 37.3 Å². The van der Waals surface area contributed by atoms with E-state index in [4.69, 9.17) is 5.73 Å². The summed E-state index contributed by atoms with van der Waals surface area (Å²) in [5.41, 5.74) is 8.34. The average molecular weight is 355 g/mol. The van der Waals surface area contributed by atoms with E-state index in [0.29, 0.717) is 16.9 Å². The number of nitrogen functional groups attached to an aromatic ring is 1. The number of nitrogens with one attached hydrogen (secondary N) is 1. The number of hydrogen-bond acceptors (Lipinski definition) is 3. The van der Waals surface area contributed by atoms with Crippen LogP contribution in [-0.2, 0) is 15.8 Å². The van der Waals surface area contributed by atoms with Gasteiger partial charge in [-0.2, -0.15) is 0 Å². The molecule has 0 spiro atoms. The highest BCUT2D eigenvalue weighted by Crippen LogP contribution is 2.22. The van der Waals surface area contributed by atoms with Crippen molar-refractivity contribution < 1.29 is 8.42 Å². The van der Waals surface area contributed by atoms with Crippen LogP contribution in [0, 0.1) is 6.92 Å². The lowest BCUT2D eigenvalue weighted by Crippen LogP contribution is -2.15. The lowest BCUT2D eigenvalue weighted by atomic mass is 10.2. The van der Waals surface area contributed by atoms with Crippen LogP contribution >= 0.6 is 15.9 Å². The van der Waals surface area contributed by atoms with Gasteiger partial charge in [-0.3, -0.25) is 4.72 Å². The monoisotopic (exact) mass is 354 g/mol. The zero-order valence-electron chi connectivity index (χ0n) is 10.9. The summed E-state index contributed by atoms with van der Waals surface area (Å²) in [5, 5.41) is 0. The van der Waals surface area contributed by atoms with E-state index in [1.807, 2.05) is 19.1 Å². The lowest BCUT2D eigenvalue weighted by molar-refractivity contribution is 0.600. The van der Waals surface area contributed by atoms with Crippen molar-refractivity contribution in [2.75, 3.05) is 10.5 Å². The van der Waals surface area contributed by atoms with E-state index in [0.717, 1.165) is 10.0 Å². The Bertz CT molecular complexity index is 712. The molecule has 0 aromatic heterocycles. The normalized spacial score (nSPS) is 11.3. The Kier molecular flexibility index (Phi) is 4.35. The molecule has 20 heavy (non-hydrogen) atoms. The topological polar surface area (TPSA) is 72.2 Å². The van der Waals surface area contributed by atoms with E-state index < -0.39 is 10.0 Å². The summed E-state index contributed by atoms with van der Waals surface area (Å²) in [4.78, 5) is 0. The molecule has 0 aliphatic heterocycles. The molecule has 6 heteroatoms. The molecule has 0 saturated carbocycles. The second kappa shape index (κ2) is 5.85. The molecule has 0 aliphatic carbocycles. The van der Waals surface area contributed by atoms with E-state index in [2.05, 4.69) is 20.7 Å². The standard InChI is InChI=1S/C14H15BrN2O2S/c1-10-2-5-12(15)8-14(10)17-20(18,19)9-11-3-6-13(16)7-4-11/h2-8,17H,9,16H2,1H3. The third kappa shape index (κ3) is 3.98. The van der Waals surface area contributed by atoms with Gasteiger partial charge in [0.2, 0.25) is 10.0 Å². The fourth-order valence-corrected chi connectivity index (χ4v) is 3.36. The smallest absolute Gasteiger partial charge is 0.236 e. The number of anilines is 2. The minimum absolute atomic E-state index is 0.0841. The van der Waals surface area contributed by atoms with Crippen molar-refractivity contribution in [1.82, 2.24) is 0 Å². The van der Waals surface area contributed by atoms with E-state index in [1.54, 1.807) is 30.3 Å². The second-order valence-corrected chi connectivity index (χ2v) is 7.20. The third-order valence-electron chi connectivity index (χ3n) is 2.80. The highest BCUT2D eigenvalue weighted by atomic mass is 79.9. The molecule has 0 heterocycles. The van der Waals surface area contributed by atoms with Crippen molar-refractivity contribution in [3.05, 3.63) is 58.1 Å². The molecule has 2 aromatic rings. The maximum atomic E-state index is 12.2. The van der Waals surface area contributed by atoms with Crippen molar-refractivity contribution in [3.63, 3.8) is 0 Å². The first kappa shape index (κ1) is 14.9. The van der Waals surface area contributed by atoms with Crippen LogP contribution in [0.2, 0.25) is 0 Å². The SMILES string of the molecule is Cc1ccc(Br)cc1NS(=O)(=O)Cc1ccc(N)cc1. The summed E-state index contributed by atoms with van der Waals surface area (Å²) < 4.78 is 27.7. The third-order valence-corrected chi connectivity index (χ3v) is 4.54. The highest BCUT2D eigenvalue weighted by Gasteiger charge is 2.13. The molecule has 0 fully saturated rings. The molecule has 0 unspecified atom stereocenters. The van der Waals surface area contributed by atoms with E-state index >= 15 is 0 Å². The van der Waals surface area contributed by atoms with E-state index in [9.17, 15) is 8.42 Å². The highest BCUT2D eigenvalue weighted by molar-refractivity contribution is 9.10. The fraction of sp³-hybridized carbons (Fsp3) is 0.143. The van der Waals surface area contributed by atoms with Crippen molar-refractivity contribution in [1.29, 1.82) is 0 Å². The molecule has 0 bridgehead atoms. The van der Waals surface area contributed by atoms with Gasteiger partial charge < -0.3 is 5.73 Å². The van der Waals surface area contributed by atoms with Gasteiger partial charge in [0.15, 0.2) is 0 Å². The van der Waals surface area contributed by atoms with Gasteiger partial charge >= 0.3 is 0 Å². The molecule has 3 N–H and O–H groups in total. The predicted molar refractivity (Wildman–Crippen MR) is 86.0 cm³/mol. The van der Waals surface area contributed by atoms with Crippen LogP contribution in [0.25, 0.3) is 0 Å². The number of sulfonamides is 1. The zero-order chi connectivity index (χ0) is 14.8. The van der Waals surface area contributed by atoms with Crippen LogP contribution in [0.5, 0.6) is 0 Å². The fourth-order valence-electron chi connectivity index (χ4n) is 1.74. The van der Waals surface area contributed by atoms with Gasteiger partial charge in [0.25, 0.3) is 0 Å². The Morgan fingerprint density at radius 2 is 1.80 bits per heavy atom. The van der Waals surface area contributed by atoms with Crippen LogP contribution in [0.15, 0.2) is 46.9 Å². The summed E-state index contributed by atoms with van der Waals surface area (Å²) in [7, 11) is -3.45. The molecular weight excluding hydrogens is 340 g/mol. The van der Waals surface area contributed by atoms with Crippen molar-refractivity contribution in [2.24, 2.45) is 0 Å². The largest absolute Gasteiger partial charge is 0.399 e. The quantitative estimate of drug-likeness (QED) is 0.827. The number of hydrogen-bond donors (Lipinski definition) is 2. The Balaban J connectivity index is 2.19. The molecule has 0 radical (unpaired) electrons. The second-order valence-electron chi connectivity index (χ2n) is 4.56. The maximum Gasteiger partial charge on any atom is 0.236 e. The molecule has 2 aromatic carbocycles. The Morgan fingerprint density at radius 1 is 1.15 bits per heavy atom. The minimum atomic E-state index is -3.45. The minimum Gasteiger partial charge on any atom is -0.399 e. The summed E-state index contributed by atoms with van der Waals surface area (Å²) >= 11 is 3.33. The van der Waals surface area contributed by atoms with Crippen molar-refractivity contribution in [3.8, 4) is 0 Å². The number of nitrogens with two attached hydrogens (primary N) is 1. The van der Waals surface area contributed by atoms with Crippen LogP contribution in [0.4, 0.5) is 11.4 Å². The summed E-state index contributed by atoms with van der Waals surface area (Å²) in [6.45, 7) is 1.85. The van der Waals surface area contributed by atoms with Gasteiger partial charge in [0.05, 0.1) is 11.4 Å². The molecule has 0 aliphatic rings. The first-order valence-corrected chi connectivity index (χ1v) is 8.41. The molecule has 4 nitrogen and oxygen atoms in total. The lowest BCUT2D eigenvalue weighted by Gasteiger charge is -2.11. The molecule has 106 valence electrons. The molecule has 2 rings (SSSR count). The van der Waals surface area contributed by atoms with Crippen LogP contribution < -0.4 is 10.5 Å². The van der Waals surface area contributed by atoms with E-state index in [1.165, 1.54) is 0 Å². The van der Waals surface area contributed by atoms with Gasteiger partial charge in [-0.25, -0.2) is 8.42 Å². The molecule has 0 amide bonds. The number of halogens is 1. The Hall–Kier alpha value is -1.53. The summed E-state index contributed by atoms with van der Waals surface area (Å²) in [5.74, 6) is -0.0841. The molecule has 0 atom stereocenters. The molecule has 0 saturated heterocycles. The van der Waals surface area contributed by atoms with E-state index in [-0.39, 0.29) is 5.75 Å². The average Bonchev–Trinajstić information content (AvgIpc) is 2.36. The Morgan fingerprint density at radius 3 is 2.45 bits per heavy atom. The Labute approximate surface area is 127 Å². The van der Waals surface area contributed by atoms with Gasteiger partial charge in [-0.1, -0.05) is 34.1 Å². The molecular formula is C14H15BrN2O2S. The van der Waals surface area contributed by atoms with Gasteiger partial charge in [-0.15, -0.1) is 0 Å². The van der Waals surface area contributed by atoms with Crippen molar-refractivity contribution in [2.45, 2.75) is 12.7 Å². The zero-order valence-corrected chi connectivity index (χ0v) is 13.3. The number of benzene rings is 2. The summed E-state index contributed by atoms with van der Waals surface area (Å²) in [6, 6.07) is 12.3. The van der Waals surface area contributed by atoms with Crippen LogP contribution in [-0.4, -0.2) is 8.42 Å². The summed E-state index contributed by atoms with van der Waals surface area (Å²) in [6.07, 6.45) is 0. The van der Waals surface area contributed by atoms with Gasteiger partial charge in [0.1, 0.15) is 0 Å². The number of rotatable bonds is 4. The number of aryl methyl sites for hydroxylation is 1. The van der Waals surface area contributed by atoms with Crippen LogP contribution in [0.3, 0.4) is 0 Å². The first-order chi connectivity index (χ1) is 9.35. The first-order valence-electron chi connectivity index (χ1n) is 5.97. The van der Waals surface area contributed by atoms with Gasteiger partial charge in [0, 0.05) is 10.2 Å². The van der Waals surface area contributed by atoms with Gasteiger partial charge in [-0.05, 0) is 42.3 Å².